The number of anilines is 1. The molecule has 29 heavy (non-hydrogen) atoms. The molecule has 0 saturated carbocycles. The van der Waals surface area contributed by atoms with Gasteiger partial charge in [-0.2, -0.15) is 4.98 Å². The molecule has 1 amide bonds. The molecule has 1 aromatic heterocycles. The van der Waals surface area contributed by atoms with Crippen molar-refractivity contribution in [1.29, 1.82) is 0 Å². The topological polar surface area (TPSA) is 73.2 Å². The minimum Gasteiger partial charge on any atom is -0.376 e. The van der Waals surface area contributed by atoms with E-state index in [1.807, 2.05) is 4.57 Å². The van der Waals surface area contributed by atoms with Crippen molar-refractivity contribution in [2.75, 3.05) is 17.7 Å². The zero-order valence-electron chi connectivity index (χ0n) is 16.2. The molecule has 1 atom stereocenters. The maximum atomic E-state index is 12.7. The van der Waals surface area contributed by atoms with Gasteiger partial charge in [-0.05, 0) is 62.8 Å². The number of hydrogen-bond donors (Lipinski definition) is 1. The summed E-state index contributed by atoms with van der Waals surface area (Å²) in [6, 6.07) is 6.99. The van der Waals surface area contributed by atoms with Crippen LogP contribution in [0.2, 0.25) is 5.02 Å². The Kier molecular flexibility index (Phi) is 6.57. The molecule has 1 aromatic carbocycles. The van der Waals surface area contributed by atoms with Crippen molar-refractivity contribution in [2.24, 2.45) is 0 Å². The molecule has 8 heteroatoms. The van der Waals surface area contributed by atoms with Crippen LogP contribution in [0.3, 0.4) is 0 Å². The van der Waals surface area contributed by atoms with Crippen LogP contribution in [0.15, 0.2) is 34.1 Å². The van der Waals surface area contributed by atoms with E-state index in [-0.39, 0.29) is 23.5 Å². The number of carbonyl (C=O) groups is 1. The molecule has 2 aromatic rings. The lowest BCUT2D eigenvalue weighted by atomic mass is 9.97. The highest BCUT2D eigenvalue weighted by Crippen LogP contribution is 2.29. The minimum atomic E-state index is -0.234. The van der Waals surface area contributed by atoms with E-state index in [2.05, 4.69) is 10.3 Å². The summed E-state index contributed by atoms with van der Waals surface area (Å²) >= 11 is 7.21. The summed E-state index contributed by atoms with van der Waals surface area (Å²) in [6.07, 6.45) is 6.07. The van der Waals surface area contributed by atoms with Crippen molar-refractivity contribution in [1.82, 2.24) is 9.55 Å². The average Bonchev–Trinajstić information content (AvgIpc) is 3.24. The third-order valence-electron chi connectivity index (χ3n) is 5.33. The fraction of sp³-hybridized carbons (Fsp3) is 0.476. The first-order valence-corrected chi connectivity index (χ1v) is 11.4. The van der Waals surface area contributed by atoms with Crippen molar-refractivity contribution in [3.05, 3.63) is 51.0 Å². The number of ether oxygens (including phenoxy) is 1. The monoisotopic (exact) mass is 433 g/mol. The number of fused-ring (bicyclic) bond motifs is 1. The Morgan fingerprint density at radius 1 is 1.24 bits per heavy atom. The maximum absolute atomic E-state index is 12.7. The van der Waals surface area contributed by atoms with Gasteiger partial charge in [0.05, 0.1) is 18.4 Å². The molecule has 154 valence electrons. The van der Waals surface area contributed by atoms with E-state index >= 15 is 0 Å². The zero-order chi connectivity index (χ0) is 20.2. The van der Waals surface area contributed by atoms with Gasteiger partial charge in [0.1, 0.15) is 5.03 Å². The molecule has 0 bridgehead atoms. The lowest BCUT2D eigenvalue weighted by Gasteiger charge is -2.24. The van der Waals surface area contributed by atoms with Gasteiger partial charge in [-0.1, -0.05) is 23.4 Å². The smallest absolute Gasteiger partial charge is 0.348 e. The number of nitrogens with one attached hydrogen (secondary N) is 1. The van der Waals surface area contributed by atoms with Gasteiger partial charge in [0, 0.05) is 28.6 Å². The Hall–Kier alpha value is -1.83. The van der Waals surface area contributed by atoms with Gasteiger partial charge in [0.15, 0.2) is 0 Å². The molecule has 0 radical (unpaired) electrons. The van der Waals surface area contributed by atoms with Crippen molar-refractivity contribution in [2.45, 2.75) is 56.2 Å². The van der Waals surface area contributed by atoms with Crippen molar-refractivity contribution in [3.8, 4) is 0 Å². The first-order chi connectivity index (χ1) is 14.1. The number of carbonyl (C=O) groups excluding carboxylic acids is 1. The number of halogens is 1. The van der Waals surface area contributed by atoms with Gasteiger partial charge in [-0.15, -0.1) is 0 Å². The predicted molar refractivity (Wildman–Crippen MR) is 115 cm³/mol. The first kappa shape index (κ1) is 20.4. The fourth-order valence-corrected chi connectivity index (χ4v) is 4.91. The third-order valence-corrected chi connectivity index (χ3v) is 6.60. The quantitative estimate of drug-likeness (QED) is 0.555. The minimum absolute atomic E-state index is 0.101. The second-order valence-corrected chi connectivity index (χ2v) is 8.82. The molecule has 1 aliphatic heterocycles. The predicted octanol–water partition coefficient (Wildman–Crippen LogP) is 3.69. The Morgan fingerprint density at radius 3 is 2.79 bits per heavy atom. The Balaban J connectivity index is 1.48. The standard InChI is InChI=1S/C21H24ClN3O3S/c22-14-7-9-15(10-8-14)23-19(26)13-29-20-17-5-1-2-6-18(17)25(21(27)24-20)12-16-4-3-11-28-16/h7-10,16H,1-6,11-13H2,(H,23,26). The van der Waals surface area contributed by atoms with E-state index in [4.69, 9.17) is 16.3 Å². The summed E-state index contributed by atoms with van der Waals surface area (Å²) in [4.78, 5) is 29.4. The molecule has 2 heterocycles. The summed E-state index contributed by atoms with van der Waals surface area (Å²) in [5.41, 5.74) is 2.66. The zero-order valence-corrected chi connectivity index (χ0v) is 17.7. The SMILES string of the molecule is O=C(CSc1nc(=O)n(CC2CCCO2)c2c1CCCC2)Nc1ccc(Cl)cc1. The molecule has 2 aliphatic rings. The molecule has 1 N–H and O–H groups in total. The summed E-state index contributed by atoms with van der Waals surface area (Å²) in [5, 5.41) is 4.16. The van der Waals surface area contributed by atoms with E-state index in [1.54, 1.807) is 24.3 Å². The number of rotatable bonds is 6. The lowest BCUT2D eigenvalue weighted by Crippen LogP contribution is -2.34. The Bertz CT molecular complexity index is 939. The van der Waals surface area contributed by atoms with E-state index < -0.39 is 0 Å². The van der Waals surface area contributed by atoms with Crippen molar-refractivity contribution >= 4 is 35.0 Å². The van der Waals surface area contributed by atoms with Gasteiger partial charge >= 0.3 is 5.69 Å². The van der Waals surface area contributed by atoms with Crippen LogP contribution in [0.4, 0.5) is 5.69 Å². The fourth-order valence-electron chi connectivity index (χ4n) is 3.91. The lowest BCUT2D eigenvalue weighted by molar-refractivity contribution is -0.113. The first-order valence-electron chi connectivity index (χ1n) is 10.0. The normalized spacial score (nSPS) is 18.4. The Morgan fingerprint density at radius 2 is 2.03 bits per heavy atom. The van der Waals surface area contributed by atoms with Gasteiger partial charge in [-0.3, -0.25) is 9.36 Å². The number of thioether (sulfide) groups is 1. The molecule has 1 saturated heterocycles. The Labute approximate surface area is 179 Å². The van der Waals surface area contributed by atoms with E-state index in [1.165, 1.54) is 11.8 Å². The van der Waals surface area contributed by atoms with Crippen LogP contribution in [0, 0.1) is 0 Å². The second-order valence-electron chi connectivity index (χ2n) is 7.42. The van der Waals surface area contributed by atoms with Crippen LogP contribution < -0.4 is 11.0 Å². The molecule has 4 rings (SSSR count). The average molecular weight is 434 g/mol. The van der Waals surface area contributed by atoms with Crippen LogP contribution in [0.1, 0.15) is 36.9 Å². The van der Waals surface area contributed by atoms with Gasteiger partial charge in [0.25, 0.3) is 0 Å². The largest absolute Gasteiger partial charge is 0.376 e. The van der Waals surface area contributed by atoms with Gasteiger partial charge < -0.3 is 10.1 Å². The van der Waals surface area contributed by atoms with Crippen LogP contribution >= 0.6 is 23.4 Å². The molecular weight excluding hydrogens is 410 g/mol. The molecular formula is C21H24ClN3O3S. The van der Waals surface area contributed by atoms with E-state index in [0.717, 1.165) is 56.4 Å². The van der Waals surface area contributed by atoms with Crippen LogP contribution in [-0.4, -0.2) is 33.9 Å². The number of hydrogen-bond acceptors (Lipinski definition) is 5. The number of nitrogens with zero attached hydrogens (tertiary/aromatic N) is 2. The number of aromatic nitrogens is 2. The number of benzene rings is 1. The molecule has 1 aliphatic carbocycles. The van der Waals surface area contributed by atoms with Crippen LogP contribution in [-0.2, 0) is 28.9 Å². The van der Waals surface area contributed by atoms with Crippen LogP contribution in [0.5, 0.6) is 0 Å². The van der Waals surface area contributed by atoms with Gasteiger partial charge in [0.2, 0.25) is 5.91 Å². The molecule has 1 fully saturated rings. The van der Waals surface area contributed by atoms with Crippen molar-refractivity contribution < 1.29 is 9.53 Å². The molecule has 6 nitrogen and oxygen atoms in total. The maximum Gasteiger partial charge on any atom is 0.348 e. The second kappa shape index (κ2) is 9.32. The van der Waals surface area contributed by atoms with E-state index in [0.29, 0.717) is 22.3 Å². The highest BCUT2D eigenvalue weighted by molar-refractivity contribution is 8.00. The number of amides is 1. The summed E-state index contributed by atoms with van der Waals surface area (Å²) in [5.74, 6) is 0.0734. The van der Waals surface area contributed by atoms with E-state index in [9.17, 15) is 9.59 Å². The third kappa shape index (κ3) is 5.02. The molecule has 1 unspecified atom stereocenters. The summed E-state index contributed by atoms with van der Waals surface area (Å²) in [6.45, 7) is 1.35. The summed E-state index contributed by atoms with van der Waals surface area (Å²) < 4.78 is 7.53. The summed E-state index contributed by atoms with van der Waals surface area (Å²) in [7, 11) is 0. The van der Waals surface area contributed by atoms with Crippen molar-refractivity contribution in [3.63, 3.8) is 0 Å². The highest BCUT2D eigenvalue weighted by Gasteiger charge is 2.24. The molecule has 0 spiro atoms. The van der Waals surface area contributed by atoms with Gasteiger partial charge in [-0.25, -0.2) is 4.79 Å². The van der Waals surface area contributed by atoms with Crippen LogP contribution in [0.25, 0.3) is 0 Å². The highest BCUT2D eigenvalue weighted by atomic mass is 35.5.